The Labute approximate surface area is 108 Å². The highest BCUT2D eigenvalue weighted by molar-refractivity contribution is 4.84. The first-order chi connectivity index (χ1) is 8.78. The van der Waals surface area contributed by atoms with Gasteiger partial charge in [-0.15, -0.1) is 10.2 Å². The first-order valence-electron chi connectivity index (χ1n) is 6.79. The van der Waals surface area contributed by atoms with Gasteiger partial charge >= 0.3 is 0 Å². The second-order valence-electron chi connectivity index (χ2n) is 4.95. The van der Waals surface area contributed by atoms with E-state index >= 15 is 0 Å². The van der Waals surface area contributed by atoms with Crippen molar-refractivity contribution in [2.45, 2.75) is 50.7 Å². The van der Waals surface area contributed by atoms with E-state index in [9.17, 15) is 0 Å². The number of aromatic nitrogens is 4. The van der Waals surface area contributed by atoms with Crippen molar-refractivity contribution >= 4 is 0 Å². The molecule has 0 saturated carbocycles. The van der Waals surface area contributed by atoms with Crippen molar-refractivity contribution in [1.29, 1.82) is 0 Å². The van der Waals surface area contributed by atoms with E-state index in [4.69, 9.17) is 4.74 Å². The average molecular weight is 253 g/mol. The number of hydrogen-bond donors (Lipinski definition) is 1. The van der Waals surface area contributed by atoms with Gasteiger partial charge in [0.2, 0.25) is 0 Å². The van der Waals surface area contributed by atoms with Crippen molar-refractivity contribution in [3.05, 3.63) is 5.82 Å². The number of tetrazole rings is 1. The van der Waals surface area contributed by atoms with Crippen molar-refractivity contribution in [2.24, 2.45) is 7.05 Å². The standard InChI is InChI=1S/C12H23N5O/c1-13-10(9-12-14-16-17(2)15-12)6-7-11-5-3-4-8-18-11/h10-11,13H,3-9H2,1-2H3. The van der Waals surface area contributed by atoms with Gasteiger partial charge in [0.15, 0.2) is 5.82 Å². The van der Waals surface area contributed by atoms with Crippen molar-refractivity contribution in [3.8, 4) is 0 Å². The second-order valence-corrected chi connectivity index (χ2v) is 4.95. The smallest absolute Gasteiger partial charge is 0.176 e. The molecule has 1 N–H and O–H groups in total. The van der Waals surface area contributed by atoms with E-state index < -0.39 is 0 Å². The summed E-state index contributed by atoms with van der Waals surface area (Å²) >= 11 is 0. The number of ether oxygens (including phenoxy) is 1. The van der Waals surface area contributed by atoms with Crippen LogP contribution in [0.3, 0.4) is 0 Å². The summed E-state index contributed by atoms with van der Waals surface area (Å²) in [7, 11) is 3.78. The summed E-state index contributed by atoms with van der Waals surface area (Å²) in [5, 5.41) is 15.4. The lowest BCUT2D eigenvalue weighted by atomic mass is 10.00. The summed E-state index contributed by atoms with van der Waals surface area (Å²) in [5.41, 5.74) is 0. The maximum atomic E-state index is 5.75. The predicted molar refractivity (Wildman–Crippen MR) is 68.2 cm³/mol. The molecule has 1 aliphatic rings. The lowest BCUT2D eigenvalue weighted by molar-refractivity contribution is 0.00867. The Balaban J connectivity index is 1.74. The molecular formula is C12H23N5O. The SMILES string of the molecule is CNC(CCC1CCCCO1)Cc1nnn(C)n1. The van der Waals surface area contributed by atoms with Crippen molar-refractivity contribution in [2.75, 3.05) is 13.7 Å². The Morgan fingerprint density at radius 1 is 1.50 bits per heavy atom. The van der Waals surface area contributed by atoms with Gasteiger partial charge in [0.25, 0.3) is 0 Å². The third-order valence-electron chi connectivity index (χ3n) is 3.50. The second kappa shape index (κ2) is 6.80. The molecule has 2 heterocycles. The summed E-state index contributed by atoms with van der Waals surface area (Å²) in [6.45, 7) is 0.931. The Kier molecular flexibility index (Phi) is 5.07. The largest absolute Gasteiger partial charge is 0.378 e. The molecule has 6 nitrogen and oxygen atoms in total. The monoisotopic (exact) mass is 253 g/mol. The molecular weight excluding hydrogens is 230 g/mol. The van der Waals surface area contributed by atoms with E-state index in [2.05, 4.69) is 20.7 Å². The Morgan fingerprint density at radius 3 is 3.00 bits per heavy atom. The van der Waals surface area contributed by atoms with Gasteiger partial charge in [-0.25, -0.2) is 0 Å². The van der Waals surface area contributed by atoms with Crippen LogP contribution in [0.1, 0.15) is 37.9 Å². The van der Waals surface area contributed by atoms with Crippen LogP contribution in [0.15, 0.2) is 0 Å². The number of nitrogens with one attached hydrogen (secondary N) is 1. The summed E-state index contributed by atoms with van der Waals surface area (Å²) in [6, 6.07) is 0.403. The Hall–Kier alpha value is -1.01. The molecule has 0 aliphatic carbocycles. The summed E-state index contributed by atoms with van der Waals surface area (Å²) in [6.07, 6.45) is 7.22. The molecule has 18 heavy (non-hydrogen) atoms. The highest BCUT2D eigenvalue weighted by Crippen LogP contribution is 2.18. The van der Waals surface area contributed by atoms with Gasteiger partial charge in [0.05, 0.1) is 13.2 Å². The minimum absolute atomic E-state index is 0.403. The molecule has 0 amide bonds. The lowest BCUT2D eigenvalue weighted by Crippen LogP contribution is -2.30. The minimum atomic E-state index is 0.403. The molecule has 0 aromatic carbocycles. The number of hydrogen-bond acceptors (Lipinski definition) is 5. The number of nitrogens with zero attached hydrogens (tertiary/aromatic N) is 4. The van der Waals surface area contributed by atoms with E-state index in [0.29, 0.717) is 12.1 Å². The minimum Gasteiger partial charge on any atom is -0.378 e. The molecule has 2 unspecified atom stereocenters. The molecule has 2 rings (SSSR count). The molecule has 1 aromatic rings. The van der Waals surface area contributed by atoms with E-state index in [-0.39, 0.29) is 0 Å². The van der Waals surface area contributed by atoms with Crippen LogP contribution < -0.4 is 5.32 Å². The van der Waals surface area contributed by atoms with Crippen LogP contribution in [0.25, 0.3) is 0 Å². The van der Waals surface area contributed by atoms with Crippen molar-refractivity contribution in [1.82, 2.24) is 25.5 Å². The first-order valence-corrected chi connectivity index (χ1v) is 6.79. The molecule has 1 fully saturated rings. The Morgan fingerprint density at radius 2 is 2.39 bits per heavy atom. The van der Waals surface area contributed by atoms with Gasteiger partial charge < -0.3 is 10.1 Å². The van der Waals surface area contributed by atoms with Crippen LogP contribution in [-0.4, -0.2) is 46.0 Å². The van der Waals surface area contributed by atoms with Gasteiger partial charge in [0, 0.05) is 19.1 Å². The van der Waals surface area contributed by atoms with E-state index in [1.807, 2.05) is 7.05 Å². The average Bonchev–Trinajstić information content (AvgIpc) is 2.81. The van der Waals surface area contributed by atoms with Crippen LogP contribution in [0.4, 0.5) is 0 Å². The molecule has 1 aromatic heterocycles. The lowest BCUT2D eigenvalue weighted by Gasteiger charge is -2.24. The molecule has 0 spiro atoms. The predicted octanol–water partition coefficient (Wildman–Crippen LogP) is 0.690. The van der Waals surface area contributed by atoms with Gasteiger partial charge in [-0.05, 0) is 44.4 Å². The molecule has 0 radical (unpaired) electrons. The zero-order valence-electron chi connectivity index (χ0n) is 11.3. The van der Waals surface area contributed by atoms with E-state index in [0.717, 1.165) is 31.7 Å². The summed E-state index contributed by atoms with van der Waals surface area (Å²) in [5.74, 6) is 0.807. The fourth-order valence-electron chi connectivity index (χ4n) is 2.40. The maximum absolute atomic E-state index is 5.75. The van der Waals surface area contributed by atoms with Crippen LogP contribution in [0, 0.1) is 0 Å². The molecule has 1 saturated heterocycles. The highest BCUT2D eigenvalue weighted by atomic mass is 16.5. The number of aryl methyl sites for hydroxylation is 1. The fourth-order valence-corrected chi connectivity index (χ4v) is 2.40. The topological polar surface area (TPSA) is 64.9 Å². The zero-order chi connectivity index (χ0) is 12.8. The van der Waals surface area contributed by atoms with Crippen LogP contribution in [0.5, 0.6) is 0 Å². The maximum Gasteiger partial charge on any atom is 0.176 e. The van der Waals surface area contributed by atoms with Gasteiger partial charge in [-0.3, -0.25) is 0 Å². The van der Waals surface area contributed by atoms with E-state index in [1.165, 1.54) is 24.1 Å². The third kappa shape index (κ3) is 4.03. The quantitative estimate of drug-likeness (QED) is 0.808. The van der Waals surface area contributed by atoms with Gasteiger partial charge in [-0.2, -0.15) is 4.80 Å². The number of likely N-dealkylation sites (N-methyl/N-ethyl adjacent to an activating group) is 1. The third-order valence-corrected chi connectivity index (χ3v) is 3.50. The summed E-state index contributed by atoms with van der Waals surface area (Å²) < 4.78 is 5.75. The van der Waals surface area contributed by atoms with Crippen LogP contribution in [0.2, 0.25) is 0 Å². The Bertz CT molecular complexity index is 348. The zero-order valence-corrected chi connectivity index (χ0v) is 11.3. The highest BCUT2D eigenvalue weighted by Gasteiger charge is 2.17. The van der Waals surface area contributed by atoms with Crippen LogP contribution >= 0.6 is 0 Å². The van der Waals surface area contributed by atoms with E-state index in [1.54, 1.807) is 7.05 Å². The molecule has 0 bridgehead atoms. The summed E-state index contributed by atoms with van der Waals surface area (Å²) in [4.78, 5) is 1.51. The molecule has 2 atom stereocenters. The molecule has 6 heteroatoms. The van der Waals surface area contributed by atoms with Gasteiger partial charge in [-0.1, -0.05) is 0 Å². The number of rotatable bonds is 6. The molecule has 1 aliphatic heterocycles. The van der Waals surface area contributed by atoms with Crippen molar-refractivity contribution < 1.29 is 4.74 Å². The van der Waals surface area contributed by atoms with Crippen molar-refractivity contribution in [3.63, 3.8) is 0 Å². The van der Waals surface area contributed by atoms with Gasteiger partial charge in [0.1, 0.15) is 0 Å². The molecule has 102 valence electrons. The normalized spacial score (nSPS) is 22.0. The van der Waals surface area contributed by atoms with Crippen LogP contribution in [-0.2, 0) is 18.2 Å². The fraction of sp³-hybridized carbons (Fsp3) is 0.917. The first kappa shape index (κ1) is 13.4.